The van der Waals surface area contributed by atoms with Crippen LogP contribution in [0.4, 0.5) is 10.1 Å². The molecule has 0 aliphatic heterocycles. The van der Waals surface area contributed by atoms with Crippen molar-refractivity contribution < 1.29 is 4.39 Å². The topological polar surface area (TPSA) is 15.3 Å². The van der Waals surface area contributed by atoms with Crippen LogP contribution in [-0.2, 0) is 6.54 Å². The van der Waals surface area contributed by atoms with Gasteiger partial charge in [-0.2, -0.15) is 0 Å². The molecule has 3 heteroatoms. The van der Waals surface area contributed by atoms with E-state index in [0.717, 1.165) is 31.6 Å². The largest absolute Gasteiger partial charge is 0.372 e. The molecule has 0 aromatic heterocycles. The van der Waals surface area contributed by atoms with E-state index in [1.165, 1.54) is 31.2 Å². The average molecular weight is 278 g/mol. The number of hydrogen-bond acceptors (Lipinski definition) is 2. The van der Waals surface area contributed by atoms with Crippen LogP contribution in [0.25, 0.3) is 0 Å². The van der Waals surface area contributed by atoms with E-state index in [-0.39, 0.29) is 5.82 Å². The smallest absolute Gasteiger partial charge is 0.146 e. The number of anilines is 1. The Balaban J connectivity index is 1.95. The van der Waals surface area contributed by atoms with Gasteiger partial charge in [0.2, 0.25) is 0 Å². The fourth-order valence-electron chi connectivity index (χ4n) is 2.87. The number of halogens is 1. The Kier molecular flexibility index (Phi) is 5.84. The Morgan fingerprint density at radius 2 is 2.05 bits per heavy atom. The van der Waals surface area contributed by atoms with Gasteiger partial charge in [0.15, 0.2) is 0 Å². The summed E-state index contributed by atoms with van der Waals surface area (Å²) in [5.74, 6) is -0.117. The maximum Gasteiger partial charge on any atom is 0.146 e. The van der Waals surface area contributed by atoms with Crippen molar-refractivity contribution >= 4 is 5.69 Å². The van der Waals surface area contributed by atoms with E-state index in [0.29, 0.717) is 6.04 Å². The molecule has 0 bridgehead atoms. The van der Waals surface area contributed by atoms with Gasteiger partial charge in [-0.3, -0.25) is 0 Å². The van der Waals surface area contributed by atoms with Gasteiger partial charge in [-0.25, -0.2) is 4.39 Å². The molecule has 1 N–H and O–H groups in total. The molecule has 112 valence electrons. The summed E-state index contributed by atoms with van der Waals surface area (Å²) >= 11 is 0. The highest BCUT2D eigenvalue weighted by Crippen LogP contribution is 2.22. The number of unbranched alkanes of at least 4 members (excludes halogenated alkanes) is 1. The van der Waals surface area contributed by atoms with Crippen LogP contribution < -0.4 is 10.2 Å². The highest BCUT2D eigenvalue weighted by atomic mass is 19.1. The third kappa shape index (κ3) is 4.20. The van der Waals surface area contributed by atoms with Gasteiger partial charge in [0.05, 0.1) is 5.69 Å². The van der Waals surface area contributed by atoms with Crippen molar-refractivity contribution in [2.24, 2.45) is 0 Å². The highest BCUT2D eigenvalue weighted by Gasteiger charge is 2.14. The average Bonchev–Trinajstić information content (AvgIpc) is 2.97. The van der Waals surface area contributed by atoms with E-state index in [2.05, 4.69) is 12.2 Å². The minimum atomic E-state index is -0.117. The minimum Gasteiger partial charge on any atom is -0.372 e. The standard InChI is InChI=1S/C17H27FN2/c1-3-4-11-20(2)17-12-14(9-10-16(17)18)13-19-15-7-5-6-8-15/h9-10,12,15,19H,3-8,11,13H2,1-2H3. The second-order valence-electron chi connectivity index (χ2n) is 5.92. The quantitative estimate of drug-likeness (QED) is 0.808. The van der Waals surface area contributed by atoms with Crippen LogP contribution in [0.3, 0.4) is 0 Å². The first kappa shape index (κ1) is 15.3. The molecule has 0 unspecified atom stereocenters. The Bertz CT molecular complexity index is 413. The zero-order valence-corrected chi connectivity index (χ0v) is 12.8. The molecule has 0 radical (unpaired) electrons. The molecule has 0 saturated heterocycles. The molecule has 0 spiro atoms. The van der Waals surface area contributed by atoms with Crippen molar-refractivity contribution in [2.45, 2.75) is 58.0 Å². The Labute approximate surface area is 122 Å². The Morgan fingerprint density at radius 1 is 1.30 bits per heavy atom. The van der Waals surface area contributed by atoms with Gasteiger partial charge in [-0.05, 0) is 37.0 Å². The maximum atomic E-state index is 13.9. The lowest BCUT2D eigenvalue weighted by Gasteiger charge is -2.21. The van der Waals surface area contributed by atoms with Gasteiger partial charge >= 0.3 is 0 Å². The first-order valence-corrected chi connectivity index (χ1v) is 7.93. The number of nitrogens with zero attached hydrogens (tertiary/aromatic N) is 1. The predicted molar refractivity (Wildman–Crippen MR) is 83.7 cm³/mol. The van der Waals surface area contributed by atoms with Crippen LogP contribution >= 0.6 is 0 Å². The van der Waals surface area contributed by atoms with Gasteiger partial charge in [0.1, 0.15) is 5.82 Å². The van der Waals surface area contributed by atoms with E-state index in [1.807, 2.05) is 24.1 Å². The van der Waals surface area contributed by atoms with E-state index < -0.39 is 0 Å². The van der Waals surface area contributed by atoms with Crippen molar-refractivity contribution in [1.82, 2.24) is 5.32 Å². The Morgan fingerprint density at radius 3 is 2.75 bits per heavy atom. The normalized spacial score (nSPS) is 15.8. The first-order chi connectivity index (χ1) is 9.70. The Hall–Kier alpha value is -1.09. The molecule has 0 heterocycles. The summed E-state index contributed by atoms with van der Waals surface area (Å²) in [6, 6.07) is 6.14. The lowest BCUT2D eigenvalue weighted by atomic mass is 10.1. The number of hydrogen-bond donors (Lipinski definition) is 1. The van der Waals surface area contributed by atoms with Gasteiger partial charge in [0, 0.05) is 26.2 Å². The van der Waals surface area contributed by atoms with Crippen molar-refractivity contribution in [3.05, 3.63) is 29.6 Å². The van der Waals surface area contributed by atoms with Crippen molar-refractivity contribution in [1.29, 1.82) is 0 Å². The first-order valence-electron chi connectivity index (χ1n) is 7.93. The number of nitrogens with one attached hydrogen (secondary N) is 1. The maximum absolute atomic E-state index is 13.9. The number of rotatable bonds is 7. The fourth-order valence-corrected chi connectivity index (χ4v) is 2.87. The fraction of sp³-hybridized carbons (Fsp3) is 0.647. The molecule has 1 aromatic rings. The summed E-state index contributed by atoms with van der Waals surface area (Å²) in [7, 11) is 1.97. The molecule has 1 fully saturated rings. The van der Waals surface area contributed by atoms with E-state index in [4.69, 9.17) is 0 Å². The van der Waals surface area contributed by atoms with Crippen LogP contribution in [0.2, 0.25) is 0 Å². The van der Waals surface area contributed by atoms with Crippen LogP contribution in [0.15, 0.2) is 18.2 Å². The molecule has 2 nitrogen and oxygen atoms in total. The van der Waals surface area contributed by atoms with Gasteiger partial charge in [-0.15, -0.1) is 0 Å². The monoisotopic (exact) mass is 278 g/mol. The molecule has 0 amide bonds. The van der Waals surface area contributed by atoms with Crippen LogP contribution in [-0.4, -0.2) is 19.6 Å². The van der Waals surface area contributed by atoms with Crippen molar-refractivity contribution in [3.63, 3.8) is 0 Å². The molecule has 1 aliphatic rings. The summed E-state index contributed by atoms with van der Waals surface area (Å²) in [4.78, 5) is 2.03. The van der Waals surface area contributed by atoms with E-state index in [1.54, 1.807) is 6.07 Å². The predicted octanol–water partition coefficient (Wildman–Crippen LogP) is 4.09. The summed E-state index contributed by atoms with van der Waals surface area (Å²) in [6.07, 6.45) is 7.47. The van der Waals surface area contributed by atoms with Crippen molar-refractivity contribution in [2.75, 3.05) is 18.5 Å². The van der Waals surface area contributed by atoms with Crippen LogP contribution in [0.1, 0.15) is 51.0 Å². The van der Waals surface area contributed by atoms with Gasteiger partial charge in [-0.1, -0.05) is 32.3 Å². The zero-order chi connectivity index (χ0) is 14.4. The summed E-state index contributed by atoms with van der Waals surface area (Å²) < 4.78 is 13.9. The second kappa shape index (κ2) is 7.63. The summed E-state index contributed by atoms with van der Waals surface area (Å²) in [6.45, 7) is 3.92. The zero-order valence-electron chi connectivity index (χ0n) is 12.8. The molecular formula is C17H27FN2. The SMILES string of the molecule is CCCCN(C)c1cc(CNC2CCCC2)ccc1F. The summed E-state index contributed by atoms with van der Waals surface area (Å²) in [5.41, 5.74) is 1.90. The molecule has 1 saturated carbocycles. The van der Waals surface area contributed by atoms with E-state index >= 15 is 0 Å². The molecule has 2 rings (SSSR count). The lowest BCUT2D eigenvalue weighted by Crippen LogP contribution is -2.25. The molecular weight excluding hydrogens is 251 g/mol. The summed E-state index contributed by atoms with van der Waals surface area (Å²) in [5, 5.41) is 3.59. The highest BCUT2D eigenvalue weighted by molar-refractivity contribution is 5.49. The molecule has 20 heavy (non-hydrogen) atoms. The molecule has 0 atom stereocenters. The molecule has 1 aliphatic carbocycles. The van der Waals surface area contributed by atoms with Crippen LogP contribution in [0, 0.1) is 5.82 Å². The minimum absolute atomic E-state index is 0.117. The van der Waals surface area contributed by atoms with Crippen LogP contribution in [0.5, 0.6) is 0 Å². The lowest BCUT2D eigenvalue weighted by molar-refractivity contribution is 0.523. The third-order valence-corrected chi connectivity index (χ3v) is 4.22. The second-order valence-corrected chi connectivity index (χ2v) is 5.92. The molecule has 1 aromatic carbocycles. The van der Waals surface area contributed by atoms with E-state index in [9.17, 15) is 4.39 Å². The third-order valence-electron chi connectivity index (χ3n) is 4.22. The van der Waals surface area contributed by atoms with Crippen molar-refractivity contribution in [3.8, 4) is 0 Å². The number of benzene rings is 1. The van der Waals surface area contributed by atoms with Gasteiger partial charge in [0.25, 0.3) is 0 Å². The van der Waals surface area contributed by atoms with Gasteiger partial charge < -0.3 is 10.2 Å².